The highest BCUT2D eigenvalue weighted by atomic mass is 32.2. The smallest absolute Gasteiger partial charge is 0.265 e. The fourth-order valence-corrected chi connectivity index (χ4v) is 3.55. The summed E-state index contributed by atoms with van der Waals surface area (Å²) >= 11 is 0. The molecule has 1 aromatic carbocycles. The van der Waals surface area contributed by atoms with Crippen LogP contribution in [0.5, 0.6) is 0 Å². The summed E-state index contributed by atoms with van der Waals surface area (Å²) in [6, 6.07) is 6.01. The van der Waals surface area contributed by atoms with Crippen molar-refractivity contribution in [3.63, 3.8) is 0 Å². The summed E-state index contributed by atoms with van der Waals surface area (Å²) < 4.78 is 28.9. The van der Waals surface area contributed by atoms with Crippen LogP contribution in [0.25, 0.3) is 0 Å². The van der Waals surface area contributed by atoms with Crippen LogP contribution in [0.2, 0.25) is 0 Å². The molecular weight excluding hydrogens is 288 g/mol. The van der Waals surface area contributed by atoms with Crippen LogP contribution in [-0.2, 0) is 23.5 Å². The molecule has 1 unspecified atom stereocenters. The minimum Gasteiger partial charge on any atom is -0.381 e. The van der Waals surface area contributed by atoms with Gasteiger partial charge in [-0.1, -0.05) is 12.1 Å². The summed E-state index contributed by atoms with van der Waals surface area (Å²) in [5.74, 6) is 0. The highest BCUT2D eigenvalue weighted by Gasteiger charge is 2.21. The predicted octanol–water partition coefficient (Wildman–Crippen LogP) is 1.97. The molecular formula is C14H18N4O2S. The summed E-state index contributed by atoms with van der Waals surface area (Å²) in [4.78, 5) is 0.159. The molecule has 0 saturated carbocycles. The Balaban J connectivity index is 1.95. The molecule has 1 atom stereocenters. The Labute approximate surface area is 124 Å². The molecule has 1 aliphatic rings. The number of fused-ring (bicyclic) bond motifs is 1. The zero-order valence-electron chi connectivity index (χ0n) is 12.0. The number of hydrogen-bond acceptors (Lipinski definition) is 4. The Hall–Kier alpha value is -2.02. The second kappa shape index (κ2) is 5.07. The second-order valence-electron chi connectivity index (χ2n) is 5.38. The maximum absolute atomic E-state index is 12.4. The van der Waals surface area contributed by atoms with Crippen LogP contribution in [0.4, 0.5) is 11.4 Å². The fourth-order valence-electron chi connectivity index (χ4n) is 2.50. The summed E-state index contributed by atoms with van der Waals surface area (Å²) in [5, 5.41) is 7.27. The SMILES string of the molecule is CC1CCc2cccc(NS(=O)(=O)c3cnn(C)c3)c2N1. The minimum atomic E-state index is -3.62. The van der Waals surface area contributed by atoms with Gasteiger partial charge in [-0.05, 0) is 31.4 Å². The van der Waals surface area contributed by atoms with E-state index in [1.807, 2.05) is 12.1 Å². The minimum absolute atomic E-state index is 0.159. The quantitative estimate of drug-likeness (QED) is 0.909. The van der Waals surface area contributed by atoms with E-state index in [1.54, 1.807) is 13.1 Å². The van der Waals surface area contributed by atoms with Crippen LogP contribution in [-0.4, -0.2) is 24.2 Å². The predicted molar refractivity (Wildman–Crippen MR) is 81.9 cm³/mol. The molecule has 2 aromatic rings. The summed E-state index contributed by atoms with van der Waals surface area (Å²) in [6.45, 7) is 2.09. The molecule has 6 nitrogen and oxygen atoms in total. The van der Waals surface area contributed by atoms with Crippen molar-refractivity contribution < 1.29 is 8.42 Å². The van der Waals surface area contributed by atoms with Gasteiger partial charge >= 0.3 is 0 Å². The lowest BCUT2D eigenvalue weighted by Gasteiger charge is -2.26. The third-order valence-electron chi connectivity index (χ3n) is 3.62. The van der Waals surface area contributed by atoms with Gasteiger partial charge in [-0.3, -0.25) is 9.40 Å². The largest absolute Gasteiger partial charge is 0.381 e. The molecule has 2 N–H and O–H groups in total. The number of rotatable bonds is 3. The van der Waals surface area contributed by atoms with E-state index in [-0.39, 0.29) is 4.90 Å². The van der Waals surface area contributed by atoms with Crippen LogP contribution in [0.15, 0.2) is 35.5 Å². The van der Waals surface area contributed by atoms with Crippen molar-refractivity contribution in [3.8, 4) is 0 Å². The van der Waals surface area contributed by atoms with Gasteiger partial charge in [-0.25, -0.2) is 8.42 Å². The number of para-hydroxylation sites is 1. The molecule has 3 rings (SSSR count). The lowest BCUT2D eigenvalue weighted by atomic mass is 9.98. The standard InChI is InChI=1S/C14H18N4O2S/c1-10-6-7-11-4-3-5-13(14(11)16-10)17-21(19,20)12-8-15-18(2)9-12/h3-5,8-10,16-17H,6-7H2,1-2H3. The lowest BCUT2D eigenvalue weighted by molar-refractivity contribution is 0.601. The molecule has 0 fully saturated rings. The average Bonchev–Trinajstić information content (AvgIpc) is 2.87. The number of sulfonamides is 1. The van der Waals surface area contributed by atoms with Crippen molar-refractivity contribution in [1.29, 1.82) is 0 Å². The Bertz CT molecular complexity index is 767. The van der Waals surface area contributed by atoms with Crippen LogP contribution in [0.3, 0.4) is 0 Å². The Morgan fingerprint density at radius 1 is 1.43 bits per heavy atom. The maximum Gasteiger partial charge on any atom is 0.265 e. The molecule has 2 heterocycles. The normalized spacial score (nSPS) is 17.9. The number of hydrogen-bond donors (Lipinski definition) is 2. The molecule has 0 radical (unpaired) electrons. The first-order chi connectivity index (χ1) is 9.95. The molecule has 112 valence electrons. The van der Waals surface area contributed by atoms with E-state index in [9.17, 15) is 8.42 Å². The first-order valence-corrected chi connectivity index (χ1v) is 8.34. The van der Waals surface area contributed by atoms with Gasteiger partial charge < -0.3 is 5.32 Å². The summed E-state index contributed by atoms with van der Waals surface area (Å²) in [6.07, 6.45) is 4.82. The Morgan fingerprint density at radius 2 is 2.24 bits per heavy atom. The van der Waals surface area contributed by atoms with Gasteiger partial charge in [0.05, 0.1) is 17.6 Å². The highest BCUT2D eigenvalue weighted by molar-refractivity contribution is 7.92. The van der Waals surface area contributed by atoms with Crippen LogP contribution >= 0.6 is 0 Å². The van der Waals surface area contributed by atoms with Crippen molar-refractivity contribution in [2.75, 3.05) is 10.0 Å². The molecule has 0 amide bonds. The van der Waals surface area contributed by atoms with Crippen molar-refractivity contribution in [2.24, 2.45) is 7.05 Å². The van der Waals surface area contributed by atoms with E-state index >= 15 is 0 Å². The molecule has 1 aromatic heterocycles. The van der Waals surface area contributed by atoms with Crippen molar-refractivity contribution in [2.45, 2.75) is 30.7 Å². The van der Waals surface area contributed by atoms with Gasteiger partial charge in [0, 0.05) is 19.3 Å². The Morgan fingerprint density at radius 3 is 2.95 bits per heavy atom. The van der Waals surface area contributed by atoms with Gasteiger partial charge in [0.1, 0.15) is 4.90 Å². The summed E-state index contributed by atoms with van der Waals surface area (Å²) in [7, 11) is -1.93. The maximum atomic E-state index is 12.4. The number of anilines is 2. The third kappa shape index (κ3) is 2.73. The zero-order chi connectivity index (χ0) is 15.0. The van der Waals surface area contributed by atoms with E-state index in [0.29, 0.717) is 11.7 Å². The Kier molecular flexibility index (Phi) is 3.36. The van der Waals surface area contributed by atoms with Gasteiger partial charge in [0.15, 0.2) is 0 Å². The number of nitrogens with one attached hydrogen (secondary N) is 2. The third-order valence-corrected chi connectivity index (χ3v) is 4.94. The van der Waals surface area contributed by atoms with E-state index in [0.717, 1.165) is 24.1 Å². The van der Waals surface area contributed by atoms with Crippen molar-refractivity contribution in [1.82, 2.24) is 9.78 Å². The topological polar surface area (TPSA) is 76.0 Å². The number of benzene rings is 1. The van der Waals surface area contributed by atoms with Gasteiger partial charge in [-0.2, -0.15) is 5.10 Å². The molecule has 0 aliphatic carbocycles. The zero-order valence-corrected chi connectivity index (χ0v) is 12.8. The number of nitrogens with zero attached hydrogens (tertiary/aromatic N) is 2. The monoisotopic (exact) mass is 306 g/mol. The van der Waals surface area contributed by atoms with E-state index in [4.69, 9.17) is 0 Å². The number of aryl methyl sites for hydroxylation is 2. The highest BCUT2D eigenvalue weighted by Crippen LogP contribution is 2.33. The molecule has 0 saturated heterocycles. The van der Waals surface area contributed by atoms with Gasteiger partial charge in [-0.15, -0.1) is 0 Å². The van der Waals surface area contributed by atoms with E-state index < -0.39 is 10.0 Å². The van der Waals surface area contributed by atoms with E-state index in [2.05, 4.69) is 22.1 Å². The van der Waals surface area contributed by atoms with Crippen LogP contribution in [0, 0.1) is 0 Å². The first-order valence-electron chi connectivity index (χ1n) is 6.85. The molecule has 0 bridgehead atoms. The van der Waals surface area contributed by atoms with Gasteiger partial charge in [0.2, 0.25) is 0 Å². The van der Waals surface area contributed by atoms with Crippen LogP contribution in [0.1, 0.15) is 18.9 Å². The average molecular weight is 306 g/mol. The summed E-state index contributed by atoms with van der Waals surface area (Å²) in [5.41, 5.74) is 2.60. The lowest BCUT2D eigenvalue weighted by Crippen LogP contribution is -2.24. The van der Waals surface area contributed by atoms with Gasteiger partial charge in [0.25, 0.3) is 10.0 Å². The molecule has 7 heteroatoms. The van der Waals surface area contributed by atoms with Crippen LogP contribution < -0.4 is 10.0 Å². The fraction of sp³-hybridized carbons (Fsp3) is 0.357. The molecule has 21 heavy (non-hydrogen) atoms. The van der Waals surface area contributed by atoms with Crippen molar-refractivity contribution in [3.05, 3.63) is 36.2 Å². The molecule has 0 spiro atoms. The van der Waals surface area contributed by atoms with Crippen molar-refractivity contribution >= 4 is 21.4 Å². The first kappa shape index (κ1) is 13.9. The second-order valence-corrected chi connectivity index (χ2v) is 7.06. The van der Waals surface area contributed by atoms with E-state index in [1.165, 1.54) is 17.1 Å². The number of aromatic nitrogens is 2. The molecule has 1 aliphatic heterocycles.